The number of rotatable bonds is 3. The molecule has 18 heavy (non-hydrogen) atoms. The molecule has 4 nitrogen and oxygen atoms in total. The van der Waals surface area contributed by atoms with Gasteiger partial charge in [0.2, 0.25) is 0 Å². The molecule has 5 heteroatoms. The Balaban J connectivity index is 1.70. The van der Waals surface area contributed by atoms with Gasteiger partial charge in [-0.3, -0.25) is 4.79 Å². The minimum atomic E-state index is -0.427. The molecule has 1 unspecified atom stereocenters. The van der Waals surface area contributed by atoms with Crippen LogP contribution in [0.25, 0.3) is 0 Å². The average molecular weight is 260 g/mol. The summed E-state index contributed by atoms with van der Waals surface area (Å²) in [5, 5.41) is 5.92. The molecule has 0 fully saturated rings. The van der Waals surface area contributed by atoms with Crippen LogP contribution in [0.2, 0.25) is 0 Å². The Morgan fingerprint density at radius 2 is 2.39 bits per heavy atom. The van der Waals surface area contributed by atoms with Crippen LogP contribution in [0.5, 0.6) is 5.75 Å². The van der Waals surface area contributed by atoms with Crippen molar-refractivity contribution >= 4 is 22.8 Å². The summed E-state index contributed by atoms with van der Waals surface area (Å²) in [5.74, 6) is 0.799. The third kappa shape index (κ3) is 2.22. The maximum Gasteiger partial charge on any atom is 0.181 e. The Morgan fingerprint density at radius 3 is 3.22 bits per heavy atom. The fourth-order valence-electron chi connectivity index (χ4n) is 1.90. The van der Waals surface area contributed by atoms with Gasteiger partial charge in [0.05, 0.1) is 23.7 Å². The van der Waals surface area contributed by atoms with Gasteiger partial charge >= 0.3 is 0 Å². The highest BCUT2D eigenvalue weighted by molar-refractivity contribution is 7.09. The van der Waals surface area contributed by atoms with E-state index in [1.54, 1.807) is 6.20 Å². The molecule has 2 heterocycles. The van der Waals surface area contributed by atoms with Crippen molar-refractivity contribution in [2.45, 2.75) is 12.5 Å². The van der Waals surface area contributed by atoms with Gasteiger partial charge in [-0.15, -0.1) is 11.3 Å². The first kappa shape index (κ1) is 11.2. The summed E-state index contributed by atoms with van der Waals surface area (Å²) in [6, 6.07) is 7.64. The van der Waals surface area contributed by atoms with E-state index >= 15 is 0 Å². The summed E-state index contributed by atoms with van der Waals surface area (Å²) >= 11 is 1.49. The number of Topliss-reactive ketones (excluding diaryl/α,β-unsaturated/α-hetero) is 1. The van der Waals surface area contributed by atoms with Gasteiger partial charge in [-0.2, -0.15) is 0 Å². The highest BCUT2D eigenvalue weighted by Gasteiger charge is 2.25. The van der Waals surface area contributed by atoms with Gasteiger partial charge in [-0.1, -0.05) is 12.1 Å². The van der Waals surface area contributed by atoms with Crippen LogP contribution in [0.4, 0.5) is 5.69 Å². The summed E-state index contributed by atoms with van der Waals surface area (Å²) in [5.41, 5.74) is 0.941. The SMILES string of the molecule is O=C(Cc1nccs1)C1CNc2ccccc2O1. The summed E-state index contributed by atoms with van der Waals surface area (Å²) in [6.07, 6.45) is 1.62. The number of aromatic nitrogens is 1. The van der Waals surface area contributed by atoms with Crippen LogP contribution in [0.1, 0.15) is 5.01 Å². The number of anilines is 1. The second kappa shape index (κ2) is 4.78. The van der Waals surface area contributed by atoms with Gasteiger partial charge in [-0.05, 0) is 12.1 Å². The number of nitrogens with one attached hydrogen (secondary N) is 1. The van der Waals surface area contributed by atoms with Crippen LogP contribution < -0.4 is 10.1 Å². The molecule has 1 aromatic carbocycles. The maximum atomic E-state index is 12.1. The Bertz CT molecular complexity index is 554. The Labute approximate surface area is 109 Å². The number of ether oxygens (including phenoxy) is 1. The molecule has 0 saturated heterocycles. The smallest absolute Gasteiger partial charge is 0.181 e. The van der Waals surface area contributed by atoms with Crippen LogP contribution in [0.15, 0.2) is 35.8 Å². The van der Waals surface area contributed by atoms with Crippen LogP contribution in [-0.2, 0) is 11.2 Å². The lowest BCUT2D eigenvalue weighted by molar-refractivity contribution is -0.124. The van der Waals surface area contributed by atoms with Crippen LogP contribution in [0.3, 0.4) is 0 Å². The summed E-state index contributed by atoms with van der Waals surface area (Å²) in [7, 11) is 0. The van der Waals surface area contributed by atoms with Crippen molar-refractivity contribution in [3.05, 3.63) is 40.8 Å². The van der Waals surface area contributed by atoms with E-state index in [4.69, 9.17) is 4.74 Å². The molecule has 1 aromatic heterocycles. The molecule has 3 rings (SSSR count). The minimum Gasteiger partial charge on any atom is -0.479 e. The van der Waals surface area contributed by atoms with Crippen LogP contribution in [0, 0.1) is 0 Å². The molecule has 0 radical (unpaired) electrons. The van der Waals surface area contributed by atoms with E-state index in [2.05, 4.69) is 10.3 Å². The topological polar surface area (TPSA) is 51.2 Å². The van der Waals surface area contributed by atoms with Gasteiger partial charge in [-0.25, -0.2) is 4.98 Å². The standard InChI is InChI=1S/C13H12N2O2S/c16-10(7-13-14-5-6-18-13)12-8-15-9-3-1-2-4-11(9)17-12/h1-6,12,15H,7-8H2. The first-order chi connectivity index (χ1) is 8.83. The largest absolute Gasteiger partial charge is 0.479 e. The van der Waals surface area contributed by atoms with Crippen molar-refractivity contribution < 1.29 is 9.53 Å². The fourth-order valence-corrected chi connectivity index (χ4v) is 2.52. The number of carbonyl (C=O) groups excluding carboxylic acids is 1. The first-order valence-electron chi connectivity index (χ1n) is 5.73. The summed E-state index contributed by atoms with van der Waals surface area (Å²) < 4.78 is 5.71. The molecule has 0 spiro atoms. The number of hydrogen-bond donors (Lipinski definition) is 1. The van der Waals surface area contributed by atoms with Gasteiger partial charge in [0, 0.05) is 11.6 Å². The van der Waals surface area contributed by atoms with E-state index in [0.717, 1.165) is 16.4 Å². The van der Waals surface area contributed by atoms with E-state index in [9.17, 15) is 4.79 Å². The predicted molar refractivity (Wildman–Crippen MR) is 70.2 cm³/mol. The second-order valence-corrected chi connectivity index (χ2v) is 5.03. The third-order valence-electron chi connectivity index (χ3n) is 2.80. The monoisotopic (exact) mass is 260 g/mol. The Morgan fingerprint density at radius 1 is 1.50 bits per heavy atom. The van der Waals surface area contributed by atoms with Crippen molar-refractivity contribution in [3.8, 4) is 5.75 Å². The van der Waals surface area contributed by atoms with Crippen molar-refractivity contribution in [1.82, 2.24) is 4.98 Å². The number of ketones is 1. The van der Waals surface area contributed by atoms with Crippen molar-refractivity contribution in [3.63, 3.8) is 0 Å². The number of thiazole rings is 1. The number of para-hydroxylation sites is 2. The zero-order valence-electron chi connectivity index (χ0n) is 9.63. The number of fused-ring (bicyclic) bond motifs is 1. The lowest BCUT2D eigenvalue weighted by atomic mass is 10.1. The molecule has 1 aliphatic heterocycles. The molecule has 0 bridgehead atoms. The normalized spacial score (nSPS) is 17.4. The number of hydrogen-bond acceptors (Lipinski definition) is 5. The van der Waals surface area contributed by atoms with E-state index in [-0.39, 0.29) is 5.78 Å². The molecule has 92 valence electrons. The van der Waals surface area contributed by atoms with E-state index in [1.807, 2.05) is 29.6 Å². The number of benzene rings is 1. The molecule has 0 aliphatic carbocycles. The van der Waals surface area contributed by atoms with Gasteiger partial charge in [0.1, 0.15) is 5.75 Å². The van der Waals surface area contributed by atoms with Gasteiger partial charge in [0.15, 0.2) is 11.9 Å². The molecule has 2 aromatic rings. The lowest BCUT2D eigenvalue weighted by Crippen LogP contribution is -2.38. The van der Waals surface area contributed by atoms with Crippen molar-refractivity contribution in [2.75, 3.05) is 11.9 Å². The van der Waals surface area contributed by atoms with Gasteiger partial charge in [0.25, 0.3) is 0 Å². The third-order valence-corrected chi connectivity index (χ3v) is 3.58. The van der Waals surface area contributed by atoms with Crippen LogP contribution in [-0.4, -0.2) is 23.4 Å². The average Bonchev–Trinajstić information content (AvgIpc) is 2.91. The maximum absolute atomic E-state index is 12.1. The molecular weight excluding hydrogens is 248 g/mol. The summed E-state index contributed by atoms with van der Waals surface area (Å²) in [4.78, 5) is 16.2. The minimum absolute atomic E-state index is 0.0620. The van der Waals surface area contributed by atoms with E-state index in [0.29, 0.717) is 13.0 Å². The van der Waals surface area contributed by atoms with E-state index in [1.165, 1.54) is 11.3 Å². The van der Waals surface area contributed by atoms with Crippen molar-refractivity contribution in [1.29, 1.82) is 0 Å². The summed E-state index contributed by atoms with van der Waals surface area (Å²) in [6.45, 7) is 0.515. The second-order valence-electron chi connectivity index (χ2n) is 4.05. The first-order valence-corrected chi connectivity index (χ1v) is 6.61. The Kier molecular flexibility index (Phi) is 2.98. The fraction of sp³-hybridized carbons (Fsp3) is 0.231. The molecule has 1 aliphatic rings. The Hall–Kier alpha value is -1.88. The van der Waals surface area contributed by atoms with Gasteiger partial charge < -0.3 is 10.1 Å². The highest BCUT2D eigenvalue weighted by atomic mass is 32.1. The molecule has 1 atom stereocenters. The highest BCUT2D eigenvalue weighted by Crippen LogP contribution is 2.28. The zero-order chi connectivity index (χ0) is 12.4. The molecule has 0 saturated carbocycles. The molecular formula is C13H12N2O2S. The zero-order valence-corrected chi connectivity index (χ0v) is 10.4. The van der Waals surface area contributed by atoms with E-state index < -0.39 is 6.10 Å². The number of nitrogens with zero attached hydrogens (tertiary/aromatic N) is 1. The predicted octanol–water partition coefficient (Wildman–Crippen LogP) is 2.13. The lowest BCUT2D eigenvalue weighted by Gasteiger charge is -2.26. The van der Waals surface area contributed by atoms with Crippen LogP contribution >= 0.6 is 11.3 Å². The quantitative estimate of drug-likeness (QED) is 0.918. The van der Waals surface area contributed by atoms with Crippen molar-refractivity contribution in [2.24, 2.45) is 0 Å². The molecule has 1 N–H and O–H groups in total. The number of carbonyl (C=O) groups is 1. The molecule has 0 amide bonds.